The maximum Gasteiger partial charge on any atom is 0.271 e. The van der Waals surface area contributed by atoms with Gasteiger partial charge in [0.05, 0.1) is 4.92 Å². The fourth-order valence-corrected chi connectivity index (χ4v) is 2.12. The summed E-state index contributed by atoms with van der Waals surface area (Å²) < 4.78 is 7.20. The van der Waals surface area contributed by atoms with Gasteiger partial charge >= 0.3 is 0 Å². The predicted octanol–water partition coefficient (Wildman–Crippen LogP) is 2.07. The molecule has 0 aliphatic carbocycles. The Labute approximate surface area is 125 Å². The number of non-ortho nitro benzene ring substituents is 1. The minimum absolute atomic E-state index is 0.0230. The van der Waals surface area contributed by atoms with Crippen LogP contribution >= 0.6 is 0 Å². The molecule has 3 aromatic rings. The lowest BCUT2D eigenvalue weighted by Crippen LogP contribution is -2.20. The van der Waals surface area contributed by atoms with Crippen LogP contribution in [0.25, 0.3) is 11.1 Å². The number of hydrogen-bond acceptors (Lipinski definition) is 7. The maximum atomic E-state index is 10.8. The van der Waals surface area contributed by atoms with Gasteiger partial charge < -0.3 is 4.42 Å². The van der Waals surface area contributed by atoms with Crippen molar-refractivity contribution in [1.82, 2.24) is 25.2 Å². The van der Waals surface area contributed by atoms with Crippen LogP contribution < -0.4 is 0 Å². The van der Waals surface area contributed by atoms with Crippen LogP contribution in [-0.4, -0.2) is 30.1 Å². The van der Waals surface area contributed by atoms with Crippen molar-refractivity contribution in [3.05, 3.63) is 40.0 Å². The maximum absolute atomic E-state index is 10.8. The molecular weight excluding hydrogens is 288 g/mol. The van der Waals surface area contributed by atoms with Gasteiger partial charge in [0, 0.05) is 17.5 Å². The smallest absolute Gasteiger partial charge is 0.271 e. The summed E-state index contributed by atoms with van der Waals surface area (Å²) in [5.74, 6) is 1.11. The number of tetrazole rings is 1. The van der Waals surface area contributed by atoms with Crippen LogP contribution in [0, 0.1) is 10.1 Å². The number of fused-ring (bicyclic) bond motifs is 1. The zero-order chi connectivity index (χ0) is 15.9. The first-order valence-electron chi connectivity index (χ1n) is 6.65. The molecule has 2 heterocycles. The van der Waals surface area contributed by atoms with E-state index in [0.717, 1.165) is 0 Å². The first kappa shape index (κ1) is 14.1. The molecule has 0 aliphatic rings. The van der Waals surface area contributed by atoms with E-state index in [9.17, 15) is 10.1 Å². The predicted molar refractivity (Wildman–Crippen MR) is 76.3 cm³/mol. The summed E-state index contributed by atoms with van der Waals surface area (Å²) in [5.41, 5.74) is 0.694. The van der Waals surface area contributed by atoms with Gasteiger partial charge in [-0.25, -0.2) is 9.67 Å². The van der Waals surface area contributed by atoms with Crippen LogP contribution in [0.15, 0.2) is 22.6 Å². The Kier molecular flexibility index (Phi) is 3.12. The standard InChI is InChI=1S/C13H14N6O3/c1-13(2,3)12-15-16-17-18(12)7-11-14-9-6-8(19(20)21)4-5-10(9)22-11/h4-6H,7H2,1-3H3. The van der Waals surface area contributed by atoms with Crippen LogP contribution in [0.3, 0.4) is 0 Å². The Morgan fingerprint density at radius 2 is 2.14 bits per heavy atom. The highest BCUT2D eigenvalue weighted by Crippen LogP contribution is 2.23. The lowest BCUT2D eigenvalue weighted by molar-refractivity contribution is -0.384. The molecule has 22 heavy (non-hydrogen) atoms. The third-order valence-electron chi connectivity index (χ3n) is 3.11. The number of nitro benzene ring substituents is 1. The van der Waals surface area contributed by atoms with E-state index in [1.807, 2.05) is 20.8 Å². The second-order valence-electron chi connectivity index (χ2n) is 5.93. The topological polar surface area (TPSA) is 113 Å². The normalized spacial score (nSPS) is 12.0. The number of rotatable bonds is 3. The molecule has 9 heteroatoms. The molecule has 0 saturated carbocycles. The molecule has 0 spiro atoms. The zero-order valence-electron chi connectivity index (χ0n) is 12.3. The third-order valence-corrected chi connectivity index (χ3v) is 3.11. The molecule has 0 atom stereocenters. The number of benzene rings is 1. The molecule has 0 fully saturated rings. The third kappa shape index (κ3) is 2.52. The first-order valence-corrected chi connectivity index (χ1v) is 6.65. The molecule has 0 radical (unpaired) electrons. The van der Waals surface area contributed by atoms with Gasteiger partial charge in [-0.2, -0.15) is 0 Å². The fourth-order valence-electron chi connectivity index (χ4n) is 2.12. The summed E-state index contributed by atoms with van der Waals surface area (Å²) in [4.78, 5) is 14.6. The molecule has 2 aromatic heterocycles. The number of hydrogen-bond donors (Lipinski definition) is 0. The van der Waals surface area contributed by atoms with Crippen molar-refractivity contribution in [2.24, 2.45) is 0 Å². The van der Waals surface area contributed by atoms with Gasteiger partial charge in [0.1, 0.15) is 12.1 Å². The Balaban J connectivity index is 1.95. The highest BCUT2D eigenvalue weighted by Gasteiger charge is 2.23. The van der Waals surface area contributed by atoms with E-state index in [1.165, 1.54) is 18.2 Å². The molecule has 3 rings (SSSR count). The van der Waals surface area contributed by atoms with Crippen LogP contribution in [-0.2, 0) is 12.0 Å². The van der Waals surface area contributed by atoms with Crippen molar-refractivity contribution in [1.29, 1.82) is 0 Å². The Morgan fingerprint density at radius 1 is 1.36 bits per heavy atom. The van der Waals surface area contributed by atoms with E-state index in [2.05, 4.69) is 20.5 Å². The molecule has 114 valence electrons. The van der Waals surface area contributed by atoms with E-state index in [0.29, 0.717) is 22.8 Å². The molecular formula is C13H14N6O3. The van der Waals surface area contributed by atoms with E-state index in [-0.39, 0.29) is 17.6 Å². The van der Waals surface area contributed by atoms with Gasteiger partial charge in [0.2, 0.25) is 5.89 Å². The van der Waals surface area contributed by atoms with Gasteiger partial charge in [-0.15, -0.1) is 5.10 Å². The Hall–Kier alpha value is -2.84. The van der Waals surface area contributed by atoms with Crippen molar-refractivity contribution in [2.45, 2.75) is 32.7 Å². The molecule has 0 N–H and O–H groups in total. The van der Waals surface area contributed by atoms with E-state index in [1.54, 1.807) is 4.68 Å². The van der Waals surface area contributed by atoms with Gasteiger partial charge in [0.25, 0.3) is 5.69 Å². The van der Waals surface area contributed by atoms with Crippen LogP contribution in [0.2, 0.25) is 0 Å². The van der Waals surface area contributed by atoms with Crippen molar-refractivity contribution in [3.8, 4) is 0 Å². The largest absolute Gasteiger partial charge is 0.439 e. The second-order valence-corrected chi connectivity index (χ2v) is 5.93. The lowest BCUT2D eigenvalue weighted by atomic mass is 9.96. The molecule has 9 nitrogen and oxygen atoms in total. The number of oxazole rings is 1. The summed E-state index contributed by atoms with van der Waals surface area (Å²) in [6.07, 6.45) is 0. The van der Waals surface area contributed by atoms with Crippen LogP contribution in [0.1, 0.15) is 32.5 Å². The van der Waals surface area contributed by atoms with Crippen molar-refractivity contribution >= 4 is 16.8 Å². The fraction of sp³-hybridized carbons (Fsp3) is 0.385. The lowest BCUT2D eigenvalue weighted by Gasteiger charge is -2.16. The Morgan fingerprint density at radius 3 is 2.82 bits per heavy atom. The van der Waals surface area contributed by atoms with Crippen molar-refractivity contribution in [2.75, 3.05) is 0 Å². The molecule has 0 amide bonds. The molecule has 0 bridgehead atoms. The summed E-state index contributed by atoms with van der Waals surface area (Å²) in [5, 5.41) is 22.4. The highest BCUT2D eigenvalue weighted by atomic mass is 16.6. The molecule has 0 saturated heterocycles. The SMILES string of the molecule is CC(C)(C)c1nnnn1Cc1nc2cc([N+](=O)[O-])ccc2o1. The van der Waals surface area contributed by atoms with Crippen LogP contribution in [0.4, 0.5) is 5.69 Å². The summed E-state index contributed by atoms with van der Waals surface area (Å²) >= 11 is 0. The first-order chi connectivity index (χ1) is 10.3. The van der Waals surface area contributed by atoms with Crippen molar-refractivity contribution < 1.29 is 9.34 Å². The summed E-state index contributed by atoms with van der Waals surface area (Å²) in [7, 11) is 0. The molecule has 0 unspecified atom stereocenters. The monoisotopic (exact) mass is 302 g/mol. The number of nitro groups is 1. The highest BCUT2D eigenvalue weighted by molar-refractivity contribution is 5.75. The minimum Gasteiger partial charge on any atom is -0.439 e. The minimum atomic E-state index is -0.465. The number of aromatic nitrogens is 5. The van der Waals surface area contributed by atoms with Gasteiger partial charge in [0.15, 0.2) is 11.4 Å². The number of nitrogens with zero attached hydrogens (tertiary/aromatic N) is 6. The average Bonchev–Trinajstić information content (AvgIpc) is 3.03. The van der Waals surface area contributed by atoms with E-state index < -0.39 is 4.92 Å². The molecule has 0 aliphatic heterocycles. The Bertz CT molecular complexity index is 845. The average molecular weight is 302 g/mol. The van der Waals surface area contributed by atoms with Gasteiger partial charge in [-0.1, -0.05) is 20.8 Å². The van der Waals surface area contributed by atoms with E-state index >= 15 is 0 Å². The second kappa shape index (κ2) is 4.86. The van der Waals surface area contributed by atoms with E-state index in [4.69, 9.17) is 4.42 Å². The van der Waals surface area contributed by atoms with Crippen LogP contribution in [0.5, 0.6) is 0 Å². The summed E-state index contributed by atoms with van der Waals surface area (Å²) in [6.45, 7) is 6.28. The van der Waals surface area contributed by atoms with Gasteiger partial charge in [-0.3, -0.25) is 10.1 Å². The summed E-state index contributed by atoms with van der Waals surface area (Å²) in [6, 6.07) is 4.30. The van der Waals surface area contributed by atoms with Gasteiger partial charge in [-0.05, 0) is 16.5 Å². The zero-order valence-corrected chi connectivity index (χ0v) is 12.3. The quantitative estimate of drug-likeness (QED) is 0.537. The van der Waals surface area contributed by atoms with Crippen molar-refractivity contribution in [3.63, 3.8) is 0 Å². The molecule has 1 aromatic carbocycles.